The molecule has 100 valence electrons. The van der Waals surface area contributed by atoms with E-state index in [1.54, 1.807) is 0 Å². The molecule has 1 heterocycles. The predicted octanol–water partition coefficient (Wildman–Crippen LogP) is 3.16. The zero-order valence-electron chi connectivity index (χ0n) is 11.6. The summed E-state index contributed by atoms with van der Waals surface area (Å²) < 4.78 is 0. The van der Waals surface area contributed by atoms with Crippen LogP contribution in [-0.2, 0) is 0 Å². The molecule has 0 amide bonds. The summed E-state index contributed by atoms with van der Waals surface area (Å²) in [6.07, 6.45) is 12.6. The van der Waals surface area contributed by atoms with E-state index in [0.29, 0.717) is 6.04 Å². The zero-order chi connectivity index (χ0) is 12.1. The van der Waals surface area contributed by atoms with Gasteiger partial charge in [0.15, 0.2) is 0 Å². The summed E-state index contributed by atoms with van der Waals surface area (Å²) in [6, 6.07) is 0.431. The smallest absolute Gasteiger partial charge is 0.00366 e. The molecule has 1 spiro atoms. The van der Waals surface area contributed by atoms with Gasteiger partial charge in [0.2, 0.25) is 0 Å². The maximum atomic E-state index is 5.96. The van der Waals surface area contributed by atoms with Crippen LogP contribution in [0.25, 0.3) is 0 Å². The minimum absolute atomic E-state index is 0.431. The fourth-order valence-electron chi connectivity index (χ4n) is 3.66. The number of hydrogen-bond donors (Lipinski definition) is 1. The average Bonchev–Trinajstić information content (AvgIpc) is 2.80. The van der Waals surface area contributed by atoms with Gasteiger partial charge in [0.1, 0.15) is 0 Å². The van der Waals surface area contributed by atoms with Crippen LogP contribution in [0.2, 0.25) is 0 Å². The molecule has 0 aromatic heterocycles. The highest BCUT2D eigenvalue weighted by molar-refractivity contribution is 4.89. The van der Waals surface area contributed by atoms with Crippen LogP contribution in [0.3, 0.4) is 0 Å². The molecule has 1 atom stereocenters. The SMILES string of the molecule is CCC(N)CCCN1CCC2(CCCC2)CC1. The molecular weight excluding hydrogens is 208 g/mol. The standard InChI is InChI=1S/C15H30N2/c1-2-14(16)6-5-11-17-12-9-15(10-13-17)7-3-4-8-15/h14H,2-13,16H2,1H3. The molecule has 17 heavy (non-hydrogen) atoms. The van der Waals surface area contributed by atoms with Crippen molar-refractivity contribution in [3.63, 3.8) is 0 Å². The van der Waals surface area contributed by atoms with E-state index < -0.39 is 0 Å². The fraction of sp³-hybridized carbons (Fsp3) is 1.00. The lowest BCUT2D eigenvalue weighted by atomic mass is 9.77. The summed E-state index contributed by atoms with van der Waals surface area (Å²) in [6.45, 7) is 6.17. The van der Waals surface area contributed by atoms with Crippen LogP contribution in [-0.4, -0.2) is 30.6 Å². The highest BCUT2D eigenvalue weighted by Crippen LogP contribution is 2.46. The number of hydrogen-bond acceptors (Lipinski definition) is 2. The Morgan fingerprint density at radius 2 is 1.76 bits per heavy atom. The summed E-state index contributed by atoms with van der Waals surface area (Å²) in [7, 11) is 0. The molecule has 2 N–H and O–H groups in total. The third kappa shape index (κ3) is 3.69. The lowest BCUT2D eigenvalue weighted by Crippen LogP contribution is -2.39. The normalized spacial score (nSPS) is 26.5. The van der Waals surface area contributed by atoms with Crippen LogP contribution in [0.4, 0.5) is 0 Å². The molecule has 0 aromatic carbocycles. The summed E-state index contributed by atoms with van der Waals surface area (Å²) >= 11 is 0. The van der Waals surface area contributed by atoms with Gasteiger partial charge in [-0.2, -0.15) is 0 Å². The first-order valence-electron chi connectivity index (χ1n) is 7.72. The van der Waals surface area contributed by atoms with E-state index in [-0.39, 0.29) is 0 Å². The van der Waals surface area contributed by atoms with E-state index >= 15 is 0 Å². The molecule has 0 bridgehead atoms. The monoisotopic (exact) mass is 238 g/mol. The van der Waals surface area contributed by atoms with Gasteiger partial charge < -0.3 is 10.6 Å². The second-order valence-electron chi connectivity index (χ2n) is 6.36. The lowest BCUT2D eigenvalue weighted by molar-refractivity contribution is 0.107. The highest BCUT2D eigenvalue weighted by Gasteiger charge is 2.36. The minimum Gasteiger partial charge on any atom is -0.328 e. The van der Waals surface area contributed by atoms with Crippen molar-refractivity contribution in [3.8, 4) is 0 Å². The van der Waals surface area contributed by atoms with E-state index in [1.165, 1.54) is 71.0 Å². The minimum atomic E-state index is 0.431. The summed E-state index contributed by atoms with van der Waals surface area (Å²) in [5, 5.41) is 0. The van der Waals surface area contributed by atoms with Crippen LogP contribution in [0.15, 0.2) is 0 Å². The van der Waals surface area contributed by atoms with Crippen molar-refractivity contribution < 1.29 is 0 Å². The number of nitrogens with two attached hydrogens (primary N) is 1. The molecule has 1 saturated carbocycles. The van der Waals surface area contributed by atoms with E-state index in [2.05, 4.69) is 11.8 Å². The molecule has 0 aromatic rings. The Bertz CT molecular complexity index is 211. The van der Waals surface area contributed by atoms with Gasteiger partial charge in [-0.05, 0) is 70.0 Å². The van der Waals surface area contributed by atoms with Crippen LogP contribution < -0.4 is 5.73 Å². The van der Waals surface area contributed by atoms with Gasteiger partial charge in [-0.15, -0.1) is 0 Å². The van der Waals surface area contributed by atoms with Gasteiger partial charge in [0.25, 0.3) is 0 Å². The largest absolute Gasteiger partial charge is 0.328 e. The number of likely N-dealkylation sites (tertiary alicyclic amines) is 1. The average molecular weight is 238 g/mol. The highest BCUT2D eigenvalue weighted by atomic mass is 15.1. The summed E-state index contributed by atoms with van der Waals surface area (Å²) in [4.78, 5) is 2.67. The molecule has 2 aliphatic rings. The molecule has 2 rings (SSSR count). The predicted molar refractivity (Wildman–Crippen MR) is 74.1 cm³/mol. The Labute approximate surface area is 107 Å². The molecule has 1 unspecified atom stereocenters. The van der Waals surface area contributed by atoms with Gasteiger partial charge in [-0.1, -0.05) is 19.8 Å². The van der Waals surface area contributed by atoms with Crippen molar-refractivity contribution >= 4 is 0 Å². The fourth-order valence-corrected chi connectivity index (χ4v) is 3.66. The Balaban J connectivity index is 1.62. The molecular formula is C15H30N2. The first kappa shape index (κ1) is 13.4. The van der Waals surface area contributed by atoms with Crippen molar-refractivity contribution in [1.29, 1.82) is 0 Å². The van der Waals surface area contributed by atoms with Gasteiger partial charge in [0.05, 0.1) is 0 Å². The second-order valence-corrected chi connectivity index (χ2v) is 6.36. The van der Waals surface area contributed by atoms with Crippen molar-refractivity contribution in [2.75, 3.05) is 19.6 Å². The molecule has 1 aliphatic heterocycles. The van der Waals surface area contributed by atoms with Crippen molar-refractivity contribution in [1.82, 2.24) is 4.90 Å². The molecule has 1 saturated heterocycles. The summed E-state index contributed by atoms with van der Waals surface area (Å²) in [5.41, 5.74) is 6.74. The Hall–Kier alpha value is -0.0800. The van der Waals surface area contributed by atoms with Crippen LogP contribution in [0.1, 0.15) is 64.7 Å². The van der Waals surface area contributed by atoms with E-state index in [4.69, 9.17) is 5.73 Å². The zero-order valence-corrected chi connectivity index (χ0v) is 11.6. The molecule has 0 radical (unpaired) electrons. The van der Waals surface area contributed by atoms with Crippen LogP contribution >= 0.6 is 0 Å². The van der Waals surface area contributed by atoms with Crippen molar-refractivity contribution in [2.45, 2.75) is 70.8 Å². The number of nitrogens with zero attached hydrogens (tertiary/aromatic N) is 1. The number of rotatable bonds is 5. The van der Waals surface area contributed by atoms with Crippen LogP contribution in [0, 0.1) is 5.41 Å². The molecule has 1 aliphatic carbocycles. The van der Waals surface area contributed by atoms with Gasteiger partial charge >= 0.3 is 0 Å². The summed E-state index contributed by atoms with van der Waals surface area (Å²) in [5.74, 6) is 0. The maximum absolute atomic E-state index is 5.96. The van der Waals surface area contributed by atoms with E-state index in [0.717, 1.165) is 11.8 Å². The molecule has 2 heteroatoms. The van der Waals surface area contributed by atoms with Crippen LogP contribution in [0.5, 0.6) is 0 Å². The van der Waals surface area contributed by atoms with Gasteiger partial charge in [-0.3, -0.25) is 0 Å². The van der Waals surface area contributed by atoms with Gasteiger partial charge in [0, 0.05) is 6.04 Å². The first-order valence-corrected chi connectivity index (χ1v) is 7.72. The third-order valence-electron chi connectivity index (χ3n) is 5.15. The molecule has 2 fully saturated rings. The first-order chi connectivity index (χ1) is 8.24. The lowest BCUT2D eigenvalue weighted by Gasteiger charge is -2.39. The van der Waals surface area contributed by atoms with Crippen molar-refractivity contribution in [3.05, 3.63) is 0 Å². The third-order valence-corrected chi connectivity index (χ3v) is 5.15. The Kier molecular flexibility index (Phi) is 4.87. The Morgan fingerprint density at radius 1 is 1.12 bits per heavy atom. The quantitative estimate of drug-likeness (QED) is 0.797. The van der Waals surface area contributed by atoms with E-state index in [9.17, 15) is 0 Å². The molecule has 2 nitrogen and oxygen atoms in total. The van der Waals surface area contributed by atoms with E-state index in [1.807, 2.05) is 0 Å². The maximum Gasteiger partial charge on any atom is 0.00366 e. The van der Waals surface area contributed by atoms with Crippen molar-refractivity contribution in [2.24, 2.45) is 11.1 Å². The second kappa shape index (κ2) is 6.19. The number of piperidine rings is 1. The Morgan fingerprint density at radius 3 is 2.35 bits per heavy atom. The topological polar surface area (TPSA) is 29.3 Å². The van der Waals surface area contributed by atoms with Gasteiger partial charge in [-0.25, -0.2) is 0 Å².